The first-order valence-corrected chi connectivity index (χ1v) is 5.72. The summed E-state index contributed by atoms with van der Waals surface area (Å²) in [6.45, 7) is 6.04. The zero-order chi connectivity index (χ0) is 12.4. The molecule has 2 aromatic rings. The fourth-order valence-corrected chi connectivity index (χ4v) is 1.77. The van der Waals surface area contributed by atoms with Gasteiger partial charge in [-0.25, -0.2) is 9.97 Å². The van der Waals surface area contributed by atoms with Crippen LogP contribution in [0.4, 0.5) is 5.82 Å². The van der Waals surface area contributed by atoms with Gasteiger partial charge in [0.15, 0.2) is 5.82 Å². The smallest absolute Gasteiger partial charge is 0.152 e. The fraction of sp³-hybridized carbons (Fsp3) is 0.286. The van der Waals surface area contributed by atoms with Gasteiger partial charge in [0, 0.05) is 12.6 Å². The molecule has 0 spiro atoms. The summed E-state index contributed by atoms with van der Waals surface area (Å²) in [5.74, 6) is 0.832. The Hall–Kier alpha value is -1.90. The minimum atomic E-state index is 0.832. The average molecular weight is 227 g/mol. The van der Waals surface area contributed by atoms with Crippen LogP contribution in [0.2, 0.25) is 0 Å². The van der Waals surface area contributed by atoms with Crippen molar-refractivity contribution in [3.63, 3.8) is 0 Å². The number of rotatable bonds is 2. The molecule has 0 radical (unpaired) electrons. The first-order chi connectivity index (χ1) is 8.11. The standard InChI is InChI=1S/C14H17N3/c1-9-6-5-7-12(8-9)13-14(15-4)17-11(3)10(2)16-13/h5-8H,1-4H3,(H,15,17). The molecule has 1 N–H and O–H groups in total. The molecule has 1 heterocycles. The number of aryl methyl sites for hydroxylation is 3. The third kappa shape index (κ3) is 2.28. The van der Waals surface area contributed by atoms with Gasteiger partial charge >= 0.3 is 0 Å². The number of nitrogens with one attached hydrogen (secondary N) is 1. The molecule has 0 bridgehead atoms. The van der Waals surface area contributed by atoms with E-state index in [4.69, 9.17) is 0 Å². The van der Waals surface area contributed by atoms with Crippen LogP contribution in [0, 0.1) is 20.8 Å². The van der Waals surface area contributed by atoms with Gasteiger partial charge in [-0.15, -0.1) is 0 Å². The van der Waals surface area contributed by atoms with Crippen molar-refractivity contribution in [3.8, 4) is 11.3 Å². The maximum atomic E-state index is 4.63. The molecule has 0 aliphatic carbocycles. The van der Waals surface area contributed by atoms with Gasteiger partial charge in [-0.2, -0.15) is 0 Å². The molecular formula is C14H17N3. The maximum absolute atomic E-state index is 4.63. The van der Waals surface area contributed by atoms with Crippen LogP contribution >= 0.6 is 0 Å². The molecule has 3 nitrogen and oxygen atoms in total. The lowest BCUT2D eigenvalue weighted by Crippen LogP contribution is -2.02. The molecule has 2 rings (SSSR count). The number of benzene rings is 1. The molecule has 3 heteroatoms. The number of anilines is 1. The second-order valence-electron chi connectivity index (χ2n) is 4.21. The predicted octanol–water partition coefficient (Wildman–Crippen LogP) is 3.11. The number of hydrogen-bond donors (Lipinski definition) is 1. The molecule has 17 heavy (non-hydrogen) atoms. The summed E-state index contributed by atoms with van der Waals surface area (Å²) in [5, 5.41) is 3.11. The van der Waals surface area contributed by atoms with Crippen LogP contribution in [0.25, 0.3) is 11.3 Å². The highest BCUT2D eigenvalue weighted by molar-refractivity contribution is 5.72. The van der Waals surface area contributed by atoms with Gasteiger partial charge in [-0.3, -0.25) is 0 Å². The van der Waals surface area contributed by atoms with Crippen molar-refractivity contribution in [2.75, 3.05) is 12.4 Å². The lowest BCUT2D eigenvalue weighted by atomic mass is 10.1. The van der Waals surface area contributed by atoms with Crippen LogP contribution in [-0.2, 0) is 0 Å². The number of hydrogen-bond acceptors (Lipinski definition) is 3. The Morgan fingerprint density at radius 2 is 1.71 bits per heavy atom. The molecule has 0 aliphatic heterocycles. The Morgan fingerprint density at radius 3 is 2.35 bits per heavy atom. The van der Waals surface area contributed by atoms with E-state index >= 15 is 0 Å². The van der Waals surface area contributed by atoms with Crippen molar-refractivity contribution in [2.45, 2.75) is 20.8 Å². The molecule has 1 aromatic carbocycles. The van der Waals surface area contributed by atoms with Crippen molar-refractivity contribution in [3.05, 3.63) is 41.2 Å². The van der Waals surface area contributed by atoms with Crippen molar-refractivity contribution in [2.24, 2.45) is 0 Å². The highest BCUT2D eigenvalue weighted by Crippen LogP contribution is 2.25. The summed E-state index contributed by atoms with van der Waals surface area (Å²) in [6.07, 6.45) is 0. The maximum Gasteiger partial charge on any atom is 0.152 e. The van der Waals surface area contributed by atoms with E-state index in [1.807, 2.05) is 27.0 Å². The second-order valence-corrected chi connectivity index (χ2v) is 4.21. The van der Waals surface area contributed by atoms with Crippen molar-refractivity contribution in [1.29, 1.82) is 0 Å². The van der Waals surface area contributed by atoms with Gasteiger partial charge in [0.05, 0.1) is 11.4 Å². The third-order valence-corrected chi connectivity index (χ3v) is 2.84. The minimum Gasteiger partial charge on any atom is -0.371 e. The fourth-order valence-electron chi connectivity index (χ4n) is 1.77. The molecule has 0 fully saturated rings. The summed E-state index contributed by atoms with van der Waals surface area (Å²) in [5.41, 5.74) is 5.18. The normalized spacial score (nSPS) is 10.4. The average Bonchev–Trinajstić information content (AvgIpc) is 2.32. The SMILES string of the molecule is CNc1nc(C)c(C)nc1-c1cccc(C)c1. The Labute approximate surface area is 102 Å². The molecule has 1 aromatic heterocycles. The van der Waals surface area contributed by atoms with E-state index in [0.29, 0.717) is 0 Å². The summed E-state index contributed by atoms with van der Waals surface area (Å²) < 4.78 is 0. The largest absolute Gasteiger partial charge is 0.371 e. The monoisotopic (exact) mass is 227 g/mol. The van der Waals surface area contributed by atoms with E-state index in [2.05, 4.69) is 40.4 Å². The Bertz CT molecular complexity index is 547. The summed E-state index contributed by atoms with van der Waals surface area (Å²) in [6, 6.07) is 8.31. The van der Waals surface area contributed by atoms with Gasteiger partial charge in [-0.05, 0) is 26.8 Å². The Balaban J connectivity index is 2.62. The topological polar surface area (TPSA) is 37.8 Å². The van der Waals surface area contributed by atoms with Gasteiger partial charge in [-0.1, -0.05) is 23.8 Å². The molecule has 0 atom stereocenters. The third-order valence-electron chi connectivity index (χ3n) is 2.84. The van der Waals surface area contributed by atoms with E-state index in [9.17, 15) is 0 Å². The lowest BCUT2D eigenvalue weighted by molar-refractivity contribution is 1.05. The minimum absolute atomic E-state index is 0.832. The van der Waals surface area contributed by atoms with Gasteiger partial charge in [0.2, 0.25) is 0 Å². The summed E-state index contributed by atoms with van der Waals surface area (Å²) in [4.78, 5) is 9.15. The highest BCUT2D eigenvalue weighted by atomic mass is 15.0. The van der Waals surface area contributed by atoms with Crippen molar-refractivity contribution >= 4 is 5.82 Å². The Kier molecular flexibility index (Phi) is 3.09. The van der Waals surface area contributed by atoms with E-state index < -0.39 is 0 Å². The Morgan fingerprint density at radius 1 is 1.00 bits per heavy atom. The molecule has 0 amide bonds. The van der Waals surface area contributed by atoms with Crippen LogP contribution < -0.4 is 5.32 Å². The number of aromatic nitrogens is 2. The van der Waals surface area contributed by atoms with E-state index in [0.717, 1.165) is 28.5 Å². The van der Waals surface area contributed by atoms with E-state index in [-0.39, 0.29) is 0 Å². The molecular weight excluding hydrogens is 210 g/mol. The van der Waals surface area contributed by atoms with Crippen LogP contribution in [0.15, 0.2) is 24.3 Å². The zero-order valence-corrected chi connectivity index (χ0v) is 10.7. The molecule has 0 unspecified atom stereocenters. The molecule has 88 valence electrons. The summed E-state index contributed by atoms with van der Waals surface area (Å²) in [7, 11) is 1.87. The first-order valence-electron chi connectivity index (χ1n) is 5.72. The lowest BCUT2D eigenvalue weighted by Gasteiger charge is -2.10. The van der Waals surface area contributed by atoms with Crippen LogP contribution in [0.1, 0.15) is 17.0 Å². The first kappa shape index (κ1) is 11.6. The predicted molar refractivity (Wildman–Crippen MR) is 71.2 cm³/mol. The van der Waals surface area contributed by atoms with E-state index in [1.54, 1.807) is 0 Å². The van der Waals surface area contributed by atoms with Crippen LogP contribution in [0.5, 0.6) is 0 Å². The molecule has 0 saturated carbocycles. The van der Waals surface area contributed by atoms with Gasteiger partial charge in [0.1, 0.15) is 5.69 Å². The second kappa shape index (κ2) is 4.53. The summed E-state index contributed by atoms with van der Waals surface area (Å²) >= 11 is 0. The zero-order valence-electron chi connectivity index (χ0n) is 10.7. The van der Waals surface area contributed by atoms with Gasteiger partial charge < -0.3 is 5.32 Å². The van der Waals surface area contributed by atoms with Gasteiger partial charge in [0.25, 0.3) is 0 Å². The molecule has 0 saturated heterocycles. The van der Waals surface area contributed by atoms with Crippen LogP contribution in [-0.4, -0.2) is 17.0 Å². The van der Waals surface area contributed by atoms with Crippen molar-refractivity contribution < 1.29 is 0 Å². The quantitative estimate of drug-likeness (QED) is 0.856. The number of nitrogens with zero attached hydrogens (tertiary/aromatic N) is 2. The van der Waals surface area contributed by atoms with E-state index in [1.165, 1.54) is 5.56 Å². The van der Waals surface area contributed by atoms with Crippen LogP contribution in [0.3, 0.4) is 0 Å². The highest BCUT2D eigenvalue weighted by Gasteiger charge is 2.09. The molecule has 0 aliphatic rings. The van der Waals surface area contributed by atoms with Crippen molar-refractivity contribution in [1.82, 2.24) is 9.97 Å².